The molecule has 0 aliphatic carbocycles. The van der Waals surface area contributed by atoms with Crippen LogP contribution in [0.4, 0.5) is 0 Å². The Bertz CT molecular complexity index is 1260. The summed E-state index contributed by atoms with van der Waals surface area (Å²) >= 11 is 0. The van der Waals surface area contributed by atoms with Crippen LogP contribution in [-0.2, 0) is 25.8 Å². The zero-order chi connectivity index (χ0) is 25.4. The minimum Gasteiger partial charge on any atom is -0.497 e. The molecule has 0 spiro atoms. The second kappa shape index (κ2) is 7.46. The summed E-state index contributed by atoms with van der Waals surface area (Å²) in [6, 6.07) is 7.74. The third-order valence-electron chi connectivity index (χ3n) is 6.46. The van der Waals surface area contributed by atoms with Gasteiger partial charge in [-0.3, -0.25) is 0 Å². The van der Waals surface area contributed by atoms with Crippen molar-refractivity contribution in [1.29, 1.82) is 0 Å². The molecule has 0 bridgehead atoms. The van der Waals surface area contributed by atoms with E-state index >= 15 is 0 Å². The maximum atomic E-state index is 13.3. The van der Waals surface area contributed by atoms with E-state index in [4.69, 9.17) is 14.2 Å². The van der Waals surface area contributed by atoms with Crippen molar-refractivity contribution in [2.75, 3.05) is 7.11 Å². The topological polar surface area (TPSA) is 61.8 Å². The molecule has 5 nitrogen and oxygen atoms in total. The fourth-order valence-corrected chi connectivity index (χ4v) is 4.47. The molecule has 2 aliphatic heterocycles. The number of rotatable bonds is 1. The van der Waals surface area contributed by atoms with E-state index in [-0.39, 0.29) is 27.4 Å². The SMILES string of the molecule is COc1cc2c(c(C(C)(C)C)c1)OC(=O)C2=C1C(=O)Oc2c1cc(C(C)(C)C)cc2C(C)(C)C. The quantitative estimate of drug-likeness (QED) is 0.281. The van der Waals surface area contributed by atoms with Gasteiger partial charge in [0.1, 0.15) is 17.2 Å². The molecule has 0 saturated carbocycles. The highest BCUT2D eigenvalue weighted by Crippen LogP contribution is 2.51. The monoisotopic (exact) mass is 462 g/mol. The number of hydrogen-bond acceptors (Lipinski definition) is 5. The van der Waals surface area contributed by atoms with Crippen LogP contribution >= 0.6 is 0 Å². The molecular weight excluding hydrogens is 428 g/mol. The van der Waals surface area contributed by atoms with Gasteiger partial charge in [0.25, 0.3) is 0 Å². The van der Waals surface area contributed by atoms with Crippen molar-refractivity contribution in [2.24, 2.45) is 0 Å². The summed E-state index contributed by atoms with van der Waals surface area (Å²) in [6.07, 6.45) is 0. The van der Waals surface area contributed by atoms with Crippen molar-refractivity contribution in [3.05, 3.63) is 52.1 Å². The molecule has 0 N–H and O–H groups in total. The molecule has 5 heteroatoms. The summed E-state index contributed by atoms with van der Waals surface area (Å²) in [6.45, 7) is 18.8. The van der Waals surface area contributed by atoms with Crippen LogP contribution in [0.1, 0.15) is 90.1 Å². The fourth-order valence-electron chi connectivity index (χ4n) is 4.47. The van der Waals surface area contributed by atoms with Gasteiger partial charge in [-0.1, -0.05) is 68.4 Å². The lowest BCUT2D eigenvalue weighted by molar-refractivity contribution is -0.129. The average Bonchev–Trinajstić information content (AvgIpc) is 3.18. The van der Waals surface area contributed by atoms with Crippen LogP contribution < -0.4 is 14.2 Å². The average molecular weight is 463 g/mol. The Hall–Kier alpha value is -3.08. The minimum absolute atomic E-state index is 0.160. The van der Waals surface area contributed by atoms with Gasteiger partial charge >= 0.3 is 11.9 Å². The molecule has 0 saturated heterocycles. The summed E-state index contributed by atoms with van der Waals surface area (Å²) in [5, 5.41) is 0. The third kappa shape index (κ3) is 3.81. The van der Waals surface area contributed by atoms with Gasteiger partial charge in [-0.2, -0.15) is 0 Å². The molecule has 2 aromatic carbocycles. The second-order valence-electron chi connectivity index (χ2n) is 12.2. The van der Waals surface area contributed by atoms with E-state index in [0.717, 1.165) is 16.7 Å². The Labute approximate surface area is 202 Å². The summed E-state index contributed by atoms with van der Waals surface area (Å²) < 4.78 is 17.2. The van der Waals surface area contributed by atoms with Gasteiger partial charge in [-0.25, -0.2) is 9.59 Å². The van der Waals surface area contributed by atoms with Crippen LogP contribution in [0.2, 0.25) is 0 Å². The number of methoxy groups -OCH3 is 1. The highest BCUT2D eigenvalue weighted by Gasteiger charge is 2.43. The van der Waals surface area contributed by atoms with Gasteiger partial charge in [0.15, 0.2) is 0 Å². The van der Waals surface area contributed by atoms with Gasteiger partial charge in [0.2, 0.25) is 0 Å². The predicted molar refractivity (Wildman–Crippen MR) is 134 cm³/mol. The maximum absolute atomic E-state index is 13.3. The molecule has 0 fully saturated rings. The predicted octanol–water partition coefficient (Wildman–Crippen LogP) is 6.34. The van der Waals surface area contributed by atoms with Crippen LogP contribution in [0.25, 0.3) is 11.1 Å². The Balaban J connectivity index is 2.10. The Morgan fingerprint density at radius 3 is 1.47 bits per heavy atom. The normalized spacial score (nSPS) is 17.9. The molecule has 180 valence electrons. The molecule has 2 aromatic rings. The van der Waals surface area contributed by atoms with Crippen molar-refractivity contribution in [3.8, 4) is 17.2 Å². The standard InChI is InChI=1S/C29H34O5/c1-27(2,3)15-11-17-21(25(30)33-23(17)19(12-15)28(4,5)6)22-18-13-16(32-10)14-20(29(7,8)9)24(18)34-26(22)31/h11-14H,1-10H3. The molecular formula is C29H34O5. The molecule has 2 aliphatic rings. The van der Waals surface area contributed by atoms with Gasteiger partial charge < -0.3 is 14.2 Å². The van der Waals surface area contributed by atoms with E-state index in [9.17, 15) is 9.59 Å². The first-order valence-electron chi connectivity index (χ1n) is 11.6. The number of benzene rings is 2. The van der Waals surface area contributed by atoms with Crippen LogP contribution in [0.3, 0.4) is 0 Å². The summed E-state index contributed by atoms with van der Waals surface area (Å²) in [5.41, 5.74) is 3.82. The van der Waals surface area contributed by atoms with Crippen molar-refractivity contribution in [1.82, 2.24) is 0 Å². The van der Waals surface area contributed by atoms with Gasteiger partial charge in [0.05, 0.1) is 18.3 Å². The largest absolute Gasteiger partial charge is 0.497 e. The number of carbonyl (C=O) groups excluding carboxylic acids is 2. The van der Waals surface area contributed by atoms with Crippen LogP contribution in [0.15, 0.2) is 24.3 Å². The highest BCUT2D eigenvalue weighted by atomic mass is 16.5. The first-order valence-corrected chi connectivity index (χ1v) is 11.6. The van der Waals surface area contributed by atoms with E-state index < -0.39 is 11.9 Å². The number of esters is 2. The summed E-state index contributed by atoms with van der Waals surface area (Å²) in [5.74, 6) is 0.516. The van der Waals surface area contributed by atoms with E-state index in [1.807, 2.05) is 32.9 Å². The van der Waals surface area contributed by atoms with E-state index in [1.54, 1.807) is 13.2 Å². The second-order valence-corrected chi connectivity index (χ2v) is 12.2. The molecule has 34 heavy (non-hydrogen) atoms. The first kappa shape index (κ1) is 24.1. The van der Waals surface area contributed by atoms with Gasteiger partial charge in [-0.05, 0) is 40.0 Å². The van der Waals surface area contributed by atoms with Gasteiger partial charge in [0, 0.05) is 22.3 Å². The Morgan fingerprint density at radius 2 is 1.06 bits per heavy atom. The molecule has 0 aromatic heterocycles. The highest BCUT2D eigenvalue weighted by molar-refractivity contribution is 6.41. The molecule has 0 unspecified atom stereocenters. The summed E-state index contributed by atoms with van der Waals surface area (Å²) in [4.78, 5) is 26.6. The zero-order valence-electron chi connectivity index (χ0n) is 21.9. The molecule has 0 radical (unpaired) electrons. The Kier molecular flexibility index (Phi) is 5.28. The number of fused-ring (bicyclic) bond motifs is 2. The molecule has 2 heterocycles. The van der Waals surface area contributed by atoms with Crippen molar-refractivity contribution >= 4 is 23.1 Å². The lowest BCUT2D eigenvalue weighted by Gasteiger charge is -2.26. The van der Waals surface area contributed by atoms with E-state index in [0.29, 0.717) is 28.4 Å². The fraction of sp³-hybridized carbons (Fsp3) is 0.448. The number of hydrogen-bond donors (Lipinski definition) is 0. The third-order valence-corrected chi connectivity index (χ3v) is 6.46. The molecule has 4 rings (SSSR count). The van der Waals surface area contributed by atoms with Crippen molar-refractivity contribution in [3.63, 3.8) is 0 Å². The van der Waals surface area contributed by atoms with Crippen LogP contribution in [0, 0.1) is 0 Å². The minimum atomic E-state index is -0.549. The Morgan fingerprint density at radius 1 is 0.618 bits per heavy atom. The molecule has 0 atom stereocenters. The smallest absolute Gasteiger partial charge is 0.345 e. The van der Waals surface area contributed by atoms with Crippen LogP contribution in [-0.4, -0.2) is 19.0 Å². The summed E-state index contributed by atoms with van der Waals surface area (Å²) in [7, 11) is 1.59. The first-order chi connectivity index (χ1) is 15.5. The van der Waals surface area contributed by atoms with Crippen molar-refractivity contribution < 1.29 is 23.8 Å². The van der Waals surface area contributed by atoms with E-state index in [2.05, 4.69) is 47.6 Å². The number of ether oxygens (including phenoxy) is 3. The maximum Gasteiger partial charge on any atom is 0.345 e. The van der Waals surface area contributed by atoms with E-state index in [1.165, 1.54) is 0 Å². The number of carbonyl (C=O) groups is 2. The molecule has 0 amide bonds. The van der Waals surface area contributed by atoms with Crippen LogP contribution in [0.5, 0.6) is 17.2 Å². The lowest BCUT2D eigenvalue weighted by Crippen LogP contribution is -2.17. The zero-order valence-corrected chi connectivity index (χ0v) is 21.9. The lowest BCUT2D eigenvalue weighted by atomic mass is 9.78. The van der Waals surface area contributed by atoms with Crippen molar-refractivity contribution in [2.45, 2.75) is 78.6 Å². The van der Waals surface area contributed by atoms with Gasteiger partial charge in [-0.15, -0.1) is 0 Å².